The monoisotopic (exact) mass is 619 g/mol. The van der Waals surface area contributed by atoms with Crippen LogP contribution in [0, 0.1) is 5.92 Å². The Morgan fingerprint density at radius 2 is 1.80 bits per heavy atom. The van der Waals surface area contributed by atoms with Crippen LogP contribution in [0.1, 0.15) is 34.5 Å². The molecule has 0 aliphatic carbocycles. The van der Waals surface area contributed by atoms with Gasteiger partial charge in [0.25, 0.3) is 5.91 Å². The van der Waals surface area contributed by atoms with E-state index >= 15 is 0 Å². The lowest BCUT2D eigenvalue weighted by Crippen LogP contribution is -2.50. The van der Waals surface area contributed by atoms with Crippen LogP contribution in [0.2, 0.25) is 0 Å². The average molecular weight is 620 g/mol. The van der Waals surface area contributed by atoms with Crippen molar-refractivity contribution in [3.8, 4) is 0 Å². The Kier molecular flexibility index (Phi) is 9.69. The van der Waals surface area contributed by atoms with Crippen molar-refractivity contribution in [1.29, 1.82) is 0 Å². The van der Waals surface area contributed by atoms with Crippen LogP contribution >= 0.6 is 0 Å². The van der Waals surface area contributed by atoms with Gasteiger partial charge in [0.1, 0.15) is 11.3 Å². The number of aromatic nitrogens is 1. The van der Waals surface area contributed by atoms with E-state index in [1.807, 2.05) is 35.2 Å². The summed E-state index contributed by atoms with van der Waals surface area (Å²) in [5.41, 5.74) is 0.887. The molecule has 0 bridgehead atoms. The van der Waals surface area contributed by atoms with Gasteiger partial charge in [-0.05, 0) is 55.3 Å². The molecule has 2 saturated heterocycles. The van der Waals surface area contributed by atoms with Gasteiger partial charge in [-0.1, -0.05) is 48.5 Å². The molecule has 2 fully saturated rings. The standard InChI is InChI=1S/C33H41N5O5S/c1-3-18-38(31(39)21-25-11-13-29(14-12-25)44(42,43)34-2)28-15-19-36(20-16-28)22-27-23-37(32(40)30-10-7-17-35-30)24-33(27,41)26-8-5-4-6-9-26/h3-14,17,27-28,34-35,41H,1,15-16,18-24H2,2H3/t27-,33-/m0/s1. The second kappa shape index (κ2) is 13.5. The molecule has 0 unspecified atom stereocenters. The summed E-state index contributed by atoms with van der Waals surface area (Å²) in [7, 11) is -2.18. The van der Waals surface area contributed by atoms with E-state index in [0.29, 0.717) is 25.3 Å². The lowest BCUT2D eigenvalue weighted by atomic mass is 9.83. The van der Waals surface area contributed by atoms with Crippen LogP contribution in [0.15, 0.2) is 90.5 Å². The molecule has 2 aliphatic heterocycles. The number of nitrogens with one attached hydrogen (secondary N) is 2. The molecule has 44 heavy (non-hydrogen) atoms. The second-order valence-corrected chi connectivity index (χ2v) is 13.5. The summed E-state index contributed by atoms with van der Waals surface area (Å²) < 4.78 is 26.4. The minimum atomic E-state index is -3.54. The molecule has 3 aromatic rings. The molecule has 234 valence electrons. The van der Waals surface area contributed by atoms with Crippen molar-refractivity contribution in [3.63, 3.8) is 0 Å². The molecule has 2 aromatic carbocycles. The van der Waals surface area contributed by atoms with Gasteiger partial charge in [0, 0.05) is 50.9 Å². The third kappa shape index (κ3) is 6.81. The SMILES string of the molecule is C=CCN(C(=O)Cc1ccc(S(=O)(=O)NC)cc1)C1CCN(C[C@H]2CN(C(=O)c3ccc[nH]3)C[C@]2(O)c2ccccc2)CC1. The molecular formula is C33H41N5O5S. The number of aliphatic hydroxyl groups is 1. The van der Waals surface area contributed by atoms with Gasteiger partial charge in [0.15, 0.2) is 0 Å². The summed E-state index contributed by atoms with van der Waals surface area (Å²) in [5, 5.41) is 12.0. The predicted molar refractivity (Wildman–Crippen MR) is 168 cm³/mol. The van der Waals surface area contributed by atoms with Gasteiger partial charge in [0.2, 0.25) is 15.9 Å². The van der Waals surface area contributed by atoms with Crippen molar-refractivity contribution in [2.24, 2.45) is 5.92 Å². The normalized spacial score (nSPS) is 21.3. The number of carbonyl (C=O) groups excluding carboxylic acids is 2. The molecule has 5 rings (SSSR count). The molecule has 3 N–H and O–H groups in total. The number of hydrogen-bond acceptors (Lipinski definition) is 6. The predicted octanol–water partition coefficient (Wildman–Crippen LogP) is 2.60. The smallest absolute Gasteiger partial charge is 0.270 e. The van der Waals surface area contributed by atoms with Crippen LogP contribution in [0.3, 0.4) is 0 Å². The van der Waals surface area contributed by atoms with Crippen LogP contribution in [0.25, 0.3) is 0 Å². The number of H-pyrrole nitrogens is 1. The molecule has 1 aromatic heterocycles. The number of aromatic amines is 1. The van der Waals surface area contributed by atoms with E-state index in [9.17, 15) is 23.1 Å². The highest BCUT2D eigenvalue weighted by Crippen LogP contribution is 2.38. The van der Waals surface area contributed by atoms with Crippen molar-refractivity contribution in [2.45, 2.75) is 35.8 Å². The molecule has 0 radical (unpaired) electrons. The Labute approximate surface area is 259 Å². The highest BCUT2D eigenvalue weighted by molar-refractivity contribution is 7.89. The maximum atomic E-state index is 13.4. The molecular weight excluding hydrogens is 578 g/mol. The number of piperidine rings is 1. The summed E-state index contributed by atoms with van der Waals surface area (Å²) in [4.78, 5) is 35.7. The van der Waals surface area contributed by atoms with E-state index in [2.05, 4.69) is 21.2 Å². The van der Waals surface area contributed by atoms with Gasteiger partial charge in [0.05, 0.1) is 17.9 Å². The number of carbonyl (C=O) groups is 2. The van der Waals surface area contributed by atoms with E-state index in [0.717, 1.165) is 37.1 Å². The first-order valence-corrected chi connectivity index (χ1v) is 16.5. The van der Waals surface area contributed by atoms with Crippen LogP contribution in [0.4, 0.5) is 0 Å². The lowest BCUT2D eigenvalue weighted by Gasteiger charge is -2.40. The van der Waals surface area contributed by atoms with Gasteiger partial charge in [-0.3, -0.25) is 9.59 Å². The summed E-state index contributed by atoms with van der Waals surface area (Å²) in [6.07, 6.45) is 5.19. The highest BCUT2D eigenvalue weighted by atomic mass is 32.2. The number of hydrogen-bond donors (Lipinski definition) is 3. The summed E-state index contributed by atoms with van der Waals surface area (Å²) in [5.74, 6) is -0.330. The number of sulfonamides is 1. The van der Waals surface area contributed by atoms with Crippen molar-refractivity contribution < 1.29 is 23.1 Å². The largest absolute Gasteiger partial charge is 0.383 e. The van der Waals surface area contributed by atoms with Crippen molar-refractivity contribution in [3.05, 3.63) is 102 Å². The zero-order valence-corrected chi connectivity index (χ0v) is 25.9. The number of β-amino-alcohol motifs (C(OH)–C–C–N with tert-alkyl or cyclic N) is 1. The Balaban J connectivity index is 1.23. The van der Waals surface area contributed by atoms with Gasteiger partial charge in [-0.25, -0.2) is 13.1 Å². The first-order chi connectivity index (χ1) is 21.1. The second-order valence-electron chi connectivity index (χ2n) is 11.7. The number of nitrogens with zero attached hydrogens (tertiary/aromatic N) is 3. The molecule has 2 atom stereocenters. The number of benzene rings is 2. The van der Waals surface area contributed by atoms with Gasteiger partial charge in [-0.15, -0.1) is 6.58 Å². The summed E-state index contributed by atoms with van der Waals surface area (Å²) in [6, 6.07) is 19.6. The first kappa shape index (κ1) is 31.6. The maximum absolute atomic E-state index is 13.4. The van der Waals surface area contributed by atoms with E-state index in [4.69, 9.17) is 0 Å². The van der Waals surface area contributed by atoms with Crippen molar-refractivity contribution >= 4 is 21.8 Å². The number of rotatable bonds is 11. The zero-order chi connectivity index (χ0) is 31.3. The fourth-order valence-electron chi connectivity index (χ4n) is 6.45. The first-order valence-electron chi connectivity index (χ1n) is 15.0. The third-order valence-electron chi connectivity index (χ3n) is 8.92. The highest BCUT2D eigenvalue weighted by Gasteiger charge is 2.49. The summed E-state index contributed by atoms with van der Waals surface area (Å²) in [6.45, 7) is 7.10. The zero-order valence-electron chi connectivity index (χ0n) is 25.1. The lowest BCUT2D eigenvalue weighted by molar-refractivity contribution is -0.133. The molecule has 2 aliphatic rings. The molecule has 11 heteroatoms. The van der Waals surface area contributed by atoms with Crippen LogP contribution in [-0.4, -0.2) is 97.4 Å². The quantitative estimate of drug-likeness (QED) is 0.284. The van der Waals surface area contributed by atoms with Crippen molar-refractivity contribution in [2.75, 3.05) is 46.3 Å². The van der Waals surface area contributed by atoms with Crippen LogP contribution in [0.5, 0.6) is 0 Å². The topological polar surface area (TPSA) is 126 Å². The fourth-order valence-corrected chi connectivity index (χ4v) is 7.18. The van der Waals surface area contributed by atoms with Crippen molar-refractivity contribution in [1.82, 2.24) is 24.4 Å². The molecule has 2 amide bonds. The van der Waals surface area contributed by atoms with Crippen LogP contribution < -0.4 is 4.72 Å². The summed E-state index contributed by atoms with van der Waals surface area (Å²) >= 11 is 0. The third-order valence-corrected chi connectivity index (χ3v) is 10.3. The van der Waals surface area contributed by atoms with Gasteiger partial charge in [-0.2, -0.15) is 0 Å². The fraction of sp³-hybridized carbons (Fsp3) is 0.394. The number of amides is 2. The Morgan fingerprint density at radius 3 is 2.41 bits per heavy atom. The molecule has 10 nitrogen and oxygen atoms in total. The average Bonchev–Trinajstić information content (AvgIpc) is 3.70. The minimum Gasteiger partial charge on any atom is -0.383 e. The van der Waals surface area contributed by atoms with E-state index < -0.39 is 15.6 Å². The molecule has 0 saturated carbocycles. The van der Waals surface area contributed by atoms with E-state index in [1.165, 1.54) is 19.2 Å². The molecule has 0 spiro atoms. The maximum Gasteiger partial charge on any atom is 0.270 e. The van der Waals surface area contributed by atoms with Gasteiger partial charge >= 0.3 is 0 Å². The minimum absolute atomic E-state index is 0.0275. The van der Waals surface area contributed by atoms with Crippen LogP contribution in [-0.2, 0) is 26.8 Å². The molecule has 3 heterocycles. The van der Waals surface area contributed by atoms with E-state index in [-0.39, 0.29) is 41.6 Å². The van der Waals surface area contributed by atoms with E-state index in [1.54, 1.807) is 41.4 Å². The Bertz CT molecular complexity index is 1540. The Hall–Kier alpha value is -3.77. The number of likely N-dealkylation sites (tertiary alicyclic amines) is 2. The van der Waals surface area contributed by atoms with Gasteiger partial charge < -0.3 is 24.8 Å². The Morgan fingerprint density at radius 1 is 1.09 bits per heavy atom.